The Labute approximate surface area is 84.3 Å². The highest BCUT2D eigenvalue weighted by molar-refractivity contribution is 5.61. The first-order chi connectivity index (χ1) is 6.57. The number of benzene rings is 1. The summed E-state index contributed by atoms with van der Waals surface area (Å²) in [4.78, 5) is 0. The summed E-state index contributed by atoms with van der Waals surface area (Å²) in [6.07, 6.45) is 1.05. The second-order valence-corrected chi connectivity index (χ2v) is 4.35. The molecule has 0 radical (unpaired) electrons. The monoisotopic (exact) mass is 193 g/mol. The van der Waals surface area contributed by atoms with Crippen LogP contribution in [0.4, 0.5) is 10.1 Å². The molecule has 1 heterocycles. The Morgan fingerprint density at radius 3 is 2.86 bits per heavy atom. The molecule has 0 bridgehead atoms. The minimum absolute atomic E-state index is 0.0795. The Hall–Kier alpha value is -1.05. The lowest BCUT2D eigenvalue weighted by atomic mass is 9.84. The third-order valence-electron chi connectivity index (χ3n) is 3.59. The van der Waals surface area contributed by atoms with Crippen molar-refractivity contribution in [2.45, 2.75) is 38.6 Å². The van der Waals surface area contributed by atoms with Gasteiger partial charge in [-0.25, -0.2) is 4.39 Å². The van der Waals surface area contributed by atoms with Gasteiger partial charge in [0.15, 0.2) is 0 Å². The number of hydrogen-bond donors (Lipinski definition) is 1. The first kappa shape index (κ1) is 9.50. The van der Waals surface area contributed by atoms with E-state index in [9.17, 15) is 4.39 Å². The third kappa shape index (κ3) is 1.21. The predicted molar refractivity (Wildman–Crippen MR) is 57.1 cm³/mol. The quantitative estimate of drug-likeness (QED) is 0.719. The van der Waals surface area contributed by atoms with Crippen molar-refractivity contribution in [3.05, 3.63) is 29.6 Å². The van der Waals surface area contributed by atoms with E-state index in [0.717, 1.165) is 12.1 Å². The molecule has 1 aliphatic heterocycles. The van der Waals surface area contributed by atoms with Crippen LogP contribution in [0.2, 0.25) is 0 Å². The number of anilines is 1. The van der Waals surface area contributed by atoms with Crippen LogP contribution in [0.15, 0.2) is 18.2 Å². The maximum atomic E-state index is 13.0. The van der Waals surface area contributed by atoms with Gasteiger partial charge in [-0.3, -0.25) is 0 Å². The van der Waals surface area contributed by atoms with Crippen LogP contribution in [0.25, 0.3) is 0 Å². The van der Waals surface area contributed by atoms with Gasteiger partial charge in [0.2, 0.25) is 0 Å². The largest absolute Gasteiger partial charge is 0.379 e. The van der Waals surface area contributed by atoms with Gasteiger partial charge >= 0.3 is 0 Å². The molecule has 0 saturated heterocycles. The zero-order valence-corrected chi connectivity index (χ0v) is 8.89. The van der Waals surface area contributed by atoms with Crippen LogP contribution >= 0.6 is 0 Å². The average Bonchev–Trinajstić information content (AvgIpc) is 2.40. The van der Waals surface area contributed by atoms with Crippen LogP contribution in [0, 0.1) is 5.82 Å². The van der Waals surface area contributed by atoms with Crippen LogP contribution in [-0.2, 0) is 0 Å². The van der Waals surface area contributed by atoms with Crippen LogP contribution in [0.1, 0.15) is 38.7 Å². The van der Waals surface area contributed by atoms with Crippen LogP contribution in [0.3, 0.4) is 0 Å². The molecule has 0 fully saturated rings. The predicted octanol–water partition coefficient (Wildman–Crippen LogP) is 3.52. The molecule has 0 aliphatic carbocycles. The van der Waals surface area contributed by atoms with E-state index in [-0.39, 0.29) is 11.4 Å². The van der Waals surface area contributed by atoms with Crippen LogP contribution in [0.5, 0.6) is 0 Å². The molecule has 0 aromatic heterocycles. The van der Waals surface area contributed by atoms with E-state index in [1.807, 2.05) is 6.07 Å². The Kier molecular flexibility index (Phi) is 2.02. The molecule has 2 rings (SSSR count). The minimum Gasteiger partial charge on any atom is -0.379 e. The molecule has 14 heavy (non-hydrogen) atoms. The molecule has 2 unspecified atom stereocenters. The van der Waals surface area contributed by atoms with Gasteiger partial charge in [0.1, 0.15) is 5.82 Å². The van der Waals surface area contributed by atoms with Crippen molar-refractivity contribution < 1.29 is 4.39 Å². The van der Waals surface area contributed by atoms with Crippen molar-refractivity contribution in [2.75, 3.05) is 5.32 Å². The molecule has 76 valence electrons. The summed E-state index contributed by atoms with van der Waals surface area (Å²) in [6.45, 7) is 6.54. The minimum atomic E-state index is -0.163. The van der Waals surface area contributed by atoms with Crippen molar-refractivity contribution in [2.24, 2.45) is 0 Å². The van der Waals surface area contributed by atoms with Crippen LogP contribution < -0.4 is 5.32 Å². The van der Waals surface area contributed by atoms with E-state index < -0.39 is 0 Å². The third-order valence-corrected chi connectivity index (χ3v) is 3.59. The Morgan fingerprint density at radius 1 is 1.50 bits per heavy atom. The highest BCUT2D eigenvalue weighted by Crippen LogP contribution is 2.43. The lowest BCUT2D eigenvalue weighted by Crippen LogP contribution is -2.33. The summed E-state index contributed by atoms with van der Waals surface area (Å²) >= 11 is 0. The number of hydrogen-bond acceptors (Lipinski definition) is 1. The smallest absolute Gasteiger partial charge is 0.125 e. The molecule has 1 aliphatic rings. The summed E-state index contributed by atoms with van der Waals surface area (Å²) in [6, 6.07) is 5.02. The second kappa shape index (κ2) is 2.97. The van der Waals surface area contributed by atoms with Gasteiger partial charge in [0.05, 0.1) is 0 Å². The highest BCUT2D eigenvalue weighted by atomic mass is 19.1. The fraction of sp³-hybridized carbons (Fsp3) is 0.500. The van der Waals surface area contributed by atoms with E-state index in [0.29, 0.717) is 5.92 Å². The van der Waals surface area contributed by atoms with Gasteiger partial charge in [-0.2, -0.15) is 0 Å². The van der Waals surface area contributed by atoms with E-state index in [1.54, 1.807) is 12.1 Å². The molecule has 0 saturated carbocycles. The standard InChI is InChI=1S/C12H16FN/c1-4-12(3)8(2)10-6-5-9(13)7-11(10)14-12/h5-8,14H,4H2,1-3H3. The molecule has 2 heteroatoms. The van der Waals surface area contributed by atoms with Crippen LogP contribution in [-0.4, -0.2) is 5.54 Å². The summed E-state index contributed by atoms with van der Waals surface area (Å²) in [5.74, 6) is 0.284. The Balaban J connectivity index is 2.45. The zero-order chi connectivity index (χ0) is 10.3. The van der Waals surface area contributed by atoms with Gasteiger partial charge in [0.25, 0.3) is 0 Å². The molecule has 0 spiro atoms. The van der Waals surface area contributed by atoms with E-state index in [1.165, 1.54) is 5.56 Å². The van der Waals surface area contributed by atoms with Crippen molar-refractivity contribution >= 4 is 5.69 Å². The molecule has 2 atom stereocenters. The van der Waals surface area contributed by atoms with Crippen molar-refractivity contribution in [3.63, 3.8) is 0 Å². The topological polar surface area (TPSA) is 12.0 Å². The van der Waals surface area contributed by atoms with Gasteiger partial charge < -0.3 is 5.32 Å². The summed E-state index contributed by atoms with van der Waals surface area (Å²) < 4.78 is 13.0. The molecular formula is C12H16FN. The van der Waals surface area contributed by atoms with Crippen molar-refractivity contribution in [1.82, 2.24) is 0 Å². The fourth-order valence-electron chi connectivity index (χ4n) is 2.17. The zero-order valence-electron chi connectivity index (χ0n) is 8.89. The average molecular weight is 193 g/mol. The Morgan fingerprint density at radius 2 is 2.21 bits per heavy atom. The molecule has 0 amide bonds. The number of nitrogens with one attached hydrogen (secondary N) is 1. The summed E-state index contributed by atoms with van der Waals surface area (Å²) in [7, 11) is 0. The molecular weight excluding hydrogens is 177 g/mol. The van der Waals surface area contributed by atoms with E-state index in [4.69, 9.17) is 0 Å². The lowest BCUT2D eigenvalue weighted by molar-refractivity contribution is 0.443. The number of rotatable bonds is 1. The first-order valence-corrected chi connectivity index (χ1v) is 5.14. The van der Waals surface area contributed by atoms with Gasteiger partial charge in [-0.1, -0.05) is 19.9 Å². The fourth-order valence-corrected chi connectivity index (χ4v) is 2.17. The first-order valence-electron chi connectivity index (χ1n) is 5.14. The molecule has 1 nitrogen and oxygen atoms in total. The maximum absolute atomic E-state index is 13.0. The highest BCUT2D eigenvalue weighted by Gasteiger charge is 2.37. The SMILES string of the molecule is CCC1(C)Nc2cc(F)ccc2C1C. The van der Waals surface area contributed by atoms with Crippen molar-refractivity contribution in [1.29, 1.82) is 0 Å². The van der Waals surface area contributed by atoms with Gasteiger partial charge in [0, 0.05) is 17.1 Å². The maximum Gasteiger partial charge on any atom is 0.125 e. The van der Waals surface area contributed by atoms with Crippen molar-refractivity contribution in [3.8, 4) is 0 Å². The van der Waals surface area contributed by atoms with Gasteiger partial charge in [-0.05, 0) is 31.0 Å². The second-order valence-electron chi connectivity index (χ2n) is 4.35. The summed E-state index contributed by atoms with van der Waals surface area (Å²) in [5, 5.41) is 3.41. The van der Waals surface area contributed by atoms with E-state index in [2.05, 4.69) is 26.1 Å². The van der Waals surface area contributed by atoms with Gasteiger partial charge in [-0.15, -0.1) is 0 Å². The van der Waals surface area contributed by atoms with E-state index >= 15 is 0 Å². The number of fused-ring (bicyclic) bond motifs is 1. The normalized spacial score (nSPS) is 29.9. The molecule has 1 aromatic carbocycles. The Bertz CT molecular complexity index is 361. The number of halogens is 1. The summed E-state index contributed by atoms with van der Waals surface area (Å²) in [5.41, 5.74) is 2.27. The lowest BCUT2D eigenvalue weighted by Gasteiger charge is -2.28. The molecule has 1 aromatic rings. The molecule has 1 N–H and O–H groups in total.